The Bertz CT molecular complexity index is 613. The number of hydrogen-bond donors (Lipinski definition) is 1. The SMILES string of the molecule is CCCCN(C(=O)c1ccc(Br)cc1N)c1ccccc1. The smallest absolute Gasteiger partial charge is 0.260 e. The summed E-state index contributed by atoms with van der Waals surface area (Å²) in [6.07, 6.45) is 1.99. The van der Waals surface area contributed by atoms with E-state index in [0.29, 0.717) is 17.8 Å². The molecule has 110 valence electrons. The van der Waals surface area contributed by atoms with Crippen molar-refractivity contribution in [3.8, 4) is 0 Å². The Labute approximate surface area is 133 Å². The number of carbonyl (C=O) groups is 1. The number of hydrogen-bond acceptors (Lipinski definition) is 2. The average Bonchev–Trinajstić information content (AvgIpc) is 2.48. The van der Waals surface area contributed by atoms with Crippen molar-refractivity contribution in [3.63, 3.8) is 0 Å². The predicted octanol–water partition coefficient (Wildman–Crippen LogP) is 4.48. The molecular weight excluding hydrogens is 328 g/mol. The molecule has 0 bridgehead atoms. The maximum atomic E-state index is 12.8. The van der Waals surface area contributed by atoms with Crippen LogP contribution < -0.4 is 10.6 Å². The van der Waals surface area contributed by atoms with Crippen LogP contribution in [0.4, 0.5) is 11.4 Å². The Hall–Kier alpha value is -1.81. The number of nitrogens with two attached hydrogens (primary N) is 1. The second-order valence-corrected chi connectivity index (χ2v) is 5.79. The topological polar surface area (TPSA) is 46.3 Å². The van der Waals surface area contributed by atoms with Crippen LogP contribution in [-0.2, 0) is 0 Å². The molecule has 1 amide bonds. The molecule has 21 heavy (non-hydrogen) atoms. The molecule has 0 heterocycles. The number of unbranched alkanes of at least 4 members (excludes halogenated alkanes) is 1. The Kier molecular flexibility index (Phi) is 5.39. The zero-order valence-corrected chi connectivity index (χ0v) is 13.6. The van der Waals surface area contributed by atoms with Crippen molar-refractivity contribution in [3.05, 3.63) is 58.6 Å². The van der Waals surface area contributed by atoms with Gasteiger partial charge in [0.2, 0.25) is 0 Å². The molecule has 2 N–H and O–H groups in total. The van der Waals surface area contributed by atoms with Crippen LogP contribution in [0.15, 0.2) is 53.0 Å². The van der Waals surface area contributed by atoms with Gasteiger partial charge in [-0.05, 0) is 36.8 Å². The van der Waals surface area contributed by atoms with Gasteiger partial charge in [-0.15, -0.1) is 0 Å². The monoisotopic (exact) mass is 346 g/mol. The van der Waals surface area contributed by atoms with E-state index in [1.54, 1.807) is 17.0 Å². The zero-order valence-electron chi connectivity index (χ0n) is 12.1. The summed E-state index contributed by atoms with van der Waals surface area (Å²) in [6.45, 7) is 2.80. The van der Waals surface area contributed by atoms with Crippen molar-refractivity contribution in [2.75, 3.05) is 17.2 Å². The van der Waals surface area contributed by atoms with Crippen LogP contribution in [0.3, 0.4) is 0 Å². The van der Waals surface area contributed by atoms with Crippen molar-refractivity contribution in [1.82, 2.24) is 0 Å². The lowest BCUT2D eigenvalue weighted by Gasteiger charge is -2.23. The standard InChI is InChI=1S/C17H19BrN2O/c1-2-3-11-20(14-7-5-4-6-8-14)17(21)15-10-9-13(18)12-16(15)19/h4-10,12H,2-3,11,19H2,1H3. The van der Waals surface area contributed by atoms with Crippen LogP contribution in [0.1, 0.15) is 30.1 Å². The van der Waals surface area contributed by atoms with Crippen LogP contribution in [0.2, 0.25) is 0 Å². The van der Waals surface area contributed by atoms with E-state index in [0.717, 1.165) is 23.0 Å². The van der Waals surface area contributed by atoms with Crippen LogP contribution in [0, 0.1) is 0 Å². The van der Waals surface area contributed by atoms with Gasteiger partial charge in [0.25, 0.3) is 5.91 Å². The Morgan fingerprint density at radius 1 is 1.19 bits per heavy atom. The van der Waals surface area contributed by atoms with Crippen LogP contribution >= 0.6 is 15.9 Å². The van der Waals surface area contributed by atoms with Gasteiger partial charge in [0, 0.05) is 22.4 Å². The Balaban J connectivity index is 2.34. The number of rotatable bonds is 5. The first-order chi connectivity index (χ1) is 10.1. The largest absolute Gasteiger partial charge is 0.398 e. The van der Waals surface area contributed by atoms with E-state index >= 15 is 0 Å². The highest BCUT2D eigenvalue weighted by atomic mass is 79.9. The molecule has 0 unspecified atom stereocenters. The summed E-state index contributed by atoms with van der Waals surface area (Å²) in [5.74, 6) is -0.0559. The second kappa shape index (κ2) is 7.27. The molecule has 0 radical (unpaired) electrons. The quantitative estimate of drug-likeness (QED) is 0.811. The van der Waals surface area contributed by atoms with Gasteiger partial charge in [0.15, 0.2) is 0 Å². The van der Waals surface area contributed by atoms with E-state index in [-0.39, 0.29) is 5.91 Å². The summed E-state index contributed by atoms with van der Waals surface area (Å²) in [7, 11) is 0. The summed E-state index contributed by atoms with van der Waals surface area (Å²) in [4.78, 5) is 14.6. The number of halogens is 1. The third-order valence-corrected chi connectivity index (χ3v) is 3.79. The number of para-hydroxylation sites is 1. The van der Waals surface area contributed by atoms with Crippen LogP contribution in [0.5, 0.6) is 0 Å². The molecule has 0 atom stereocenters. The molecule has 4 heteroatoms. The van der Waals surface area contributed by atoms with Gasteiger partial charge >= 0.3 is 0 Å². The maximum absolute atomic E-state index is 12.8. The molecule has 2 rings (SSSR count). The molecular formula is C17H19BrN2O. The molecule has 3 nitrogen and oxygen atoms in total. The molecule has 0 aliphatic carbocycles. The zero-order chi connectivity index (χ0) is 15.2. The van der Waals surface area contributed by atoms with Crippen molar-refractivity contribution in [2.24, 2.45) is 0 Å². The molecule has 0 saturated carbocycles. The molecule has 0 aliphatic heterocycles. The number of amides is 1. The van der Waals surface area contributed by atoms with Gasteiger partial charge in [-0.3, -0.25) is 4.79 Å². The van der Waals surface area contributed by atoms with Crippen LogP contribution in [0.25, 0.3) is 0 Å². The first-order valence-electron chi connectivity index (χ1n) is 7.05. The van der Waals surface area contributed by atoms with E-state index in [1.807, 2.05) is 36.4 Å². The van der Waals surface area contributed by atoms with E-state index in [2.05, 4.69) is 22.9 Å². The fourth-order valence-corrected chi connectivity index (χ4v) is 2.52. The predicted molar refractivity (Wildman–Crippen MR) is 91.6 cm³/mol. The van der Waals surface area contributed by atoms with Gasteiger partial charge in [-0.25, -0.2) is 0 Å². The number of carbonyl (C=O) groups excluding carboxylic acids is 1. The highest BCUT2D eigenvalue weighted by Gasteiger charge is 2.19. The lowest BCUT2D eigenvalue weighted by Crippen LogP contribution is -2.32. The second-order valence-electron chi connectivity index (χ2n) is 4.88. The molecule has 0 saturated heterocycles. The minimum absolute atomic E-state index is 0.0559. The molecule has 0 spiro atoms. The summed E-state index contributed by atoms with van der Waals surface area (Å²) in [5.41, 5.74) is 7.92. The highest BCUT2D eigenvalue weighted by molar-refractivity contribution is 9.10. The van der Waals surface area contributed by atoms with Gasteiger partial charge < -0.3 is 10.6 Å². The summed E-state index contributed by atoms with van der Waals surface area (Å²) in [5, 5.41) is 0. The van der Waals surface area contributed by atoms with E-state index in [4.69, 9.17) is 5.73 Å². The lowest BCUT2D eigenvalue weighted by molar-refractivity contribution is 0.0987. The average molecular weight is 347 g/mol. The number of anilines is 2. The van der Waals surface area contributed by atoms with Crippen molar-refractivity contribution < 1.29 is 4.79 Å². The third kappa shape index (κ3) is 3.85. The molecule has 2 aromatic carbocycles. The van der Waals surface area contributed by atoms with Gasteiger partial charge in [0.1, 0.15) is 0 Å². The fraction of sp³-hybridized carbons (Fsp3) is 0.235. The van der Waals surface area contributed by atoms with Crippen molar-refractivity contribution >= 4 is 33.2 Å². The van der Waals surface area contributed by atoms with Gasteiger partial charge in [-0.2, -0.15) is 0 Å². The number of nitrogen functional groups attached to an aromatic ring is 1. The first kappa shape index (κ1) is 15.6. The van der Waals surface area contributed by atoms with Gasteiger partial charge in [0.05, 0.1) is 5.56 Å². The summed E-state index contributed by atoms with van der Waals surface area (Å²) >= 11 is 3.36. The summed E-state index contributed by atoms with van der Waals surface area (Å²) in [6, 6.07) is 15.1. The molecule has 2 aromatic rings. The van der Waals surface area contributed by atoms with Gasteiger partial charge in [-0.1, -0.05) is 47.5 Å². The van der Waals surface area contributed by atoms with E-state index in [9.17, 15) is 4.79 Å². The maximum Gasteiger partial charge on any atom is 0.260 e. The minimum Gasteiger partial charge on any atom is -0.398 e. The minimum atomic E-state index is -0.0559. The summed E-state index contributed by atoms with van der Waals surface area (Å²) < 4.78 is 0.872. The molecule has 0 aromatic heterocycles. The molecule has 0 aliphatic rings. The van der Waals surface area contributed by atoms with Crippen molar-refractivity contribution in [1.29, 1.82) is 0 Å². The van der Waals surface area contributed by atoms with E-state index in [1.165, 1.54) is 0 Å². The number of nitrogens with zero attached hydrogens (tertiary/aromatic N) is 1. The fourth-order valence-electron chi connectivity index (χ4n) is 2.15. The highest BCUT2D eigenvalue weighted by Crippen LogP contribution is 2.23. The van der Waals surface area contributed by atoms with E-state index < -0.39 is 0 Å². The first-order valence-corrected chi connectivity index (χ1v) is 7.84. The third-order valence-electron chi connectivity index (χ3n) is 3.29. The van der Waals surface area contributed by atoms with Crippen molar-refractivity contribution in [2.45, 2.75) is 19.8 Å². The Morgan fingerprint density at radius 3 is 2.52 bits per heavy atom. The lowest BCUT2D eigenvalue weighted by atomic mass is 10.1. The van der Waals surface area contributed by atoms with Crippen LogP contribution in [-0.4, -0.2) is 12.5 Å². The number of benzene rings is 2. The normalized spacial score (nSPS) is 10.4. The Morgan fingerprint density at radius 2 is 1.90 bits per heavy atom. The molecule has 0 fully saturated rings.